The average molecular weight is 559 g/mol. The van der Waals surface area contributed by atoms with E-state index in [1.54, 1.807) is 18.4 Å². The molecule has 3 aromatic rings. The molecule has 0 radical (unpaired) electrons. The molecule has 1 unspecified atom stereocenters. The van der Waals surface area contributed by atoms with Crippen LogP contribution in [0.2, 0.25) is 0 Å². The fourth-order valence-electron chi connectivity index (χ4n) is 4.27. The van der Waals surface area contributed by atoms with Crippen molar-refractivity contribution < 1.29 is 43.3 Å². The van der Waals surface area contributed by atoms with Gasteiger partial charge in [-0.25, -0.2) is 19.7 Å². The third kappa shape index (κ3) is 5.30. The average Bonchev–Trinajstić information content (AvgIpc) is 3.64. The molecule has 0 aliphatic carbocycles. The van der Waals surface area contributed by atoms with E-state index in [1.807, 2.05) is 0 Å². The summed E-state index contributed by atoms with van der Waals surface area (Å²) in [6, 6.07) is 2.59. The molecule has 16 nitrogen and oxygen atoms in total. The van der Waals surface area contributed by atoms with Crippen LogP contribution in [0.1, 0.15) is 45.1 Å². The van der Waals surface area contributed by atoms with Crippen LogP contribution in [0.3, 0.4) is 0 Å². The smallest absolute Gasteiger partial charge is 0.454 e. The van der Waals surface area contributed by atoms with Crippen LogP contribution in [0.25, 0.3) is 11.2 Å². The zero-order valence-corrected chi connectivity index (χ0v) is 21.7. The Morgan fingerprint density at radius 2 is 1.98 bits per heavy atom. The Morgan fingerprint density at radius 1 is 1.23 bits per heavy atom. The molecule has 1 saturated heterocycles. The van der Waals surface area contributed by atoms with Crippen molar-refractivity contribution in [2.45, 2.75) is 51.7 Å². The van der Waals surface area contributed by atoms with Gasteiger partial charge in [-0.05, 0) is 13.0 Å². The zero-order chi connectivity index (χ0) is 28.6. The number of nitrogens with one attached hydrogen (secondary N) is 1. The maximum Gasteiger partial charge on any atom is 0.508 e. The van der Waals surface area contributed by atoms with Crippen molar-refractivity contribution in [3.63, 3.8) is 0 Å². The number of amides is 1. The van der Waals surface area contributed by atoms with Crippen LogP contribution in [-0.2, 0) is 19.0 Å². The summed E-state index contributed by atoms with van der Waals surface area (Å²) in [5.74, 6) is 0.280. The predicted octanol–water partition coefficient (Wildman–Crippen LogP) is 2.62. The number of imidazole rings is 1. The number of carbonyl (C=O) groups excluding carboxylic acids is 2. The molecular weight excluding hydrogens is 532 g/mol. The minimum atomic E-state index is -1.11. The van der Waals surface area contributed by atoms with Gasteiger partial charge in [0, 0.05) is 12.3 Å². The molecule has 1 aromatic carbocycles. The topological polar surface area (TPSA) is 199 Å². The molecule has 212 valence electrons. The number of ether oxygens (including phenoxy) is 5. The largest absolute Gasteiger partial charge is 0.508 e. The molecule has 4 atom stereocenters. The lowest BCUT2D eigenvalue weighted by Crippen LogP contribution is -2.28. The Morgan fingerprint density at radius 3 is 2.70 bits per heavy atom. The number of aliphatic hydroxyl groups is 1. The van der Waals surface area contributed by atoms with Crippen LogP contribution < -0.4 is 14.8 Å². The highest BCUT2D eigenvalue weighted by molar-refractivity contribution is 5.97. The third-order valence-corrected chi connectivity index (χ3v) is 6.43. The van der Waals surface area contributed by atoms with Crippen molar-refractivity contribution in [1.82, 2.24) is 19.5 Å². The molecule has 1 amide bonds. The monoisotopic (exact) mass is 558 g/mol. The molecule has 2 N–H and O–H groups in total. The first-order valence-electron chi connectivity index (χ1n) is 12.4. The Hall–Kier alpha value is -4.57. The van der Waals surface area contributed by atoms with Gasteiger partial charge in [0.25, 0.3) is 5.69 Å². The van der Waals surface area contributed by atoms with E-state index in [4.69, 9.17) is 23.7 Å². The summed E-state index contributed by atoms with van der Waals surface area (Å²) >= 11 is 0. The number of carbonyl (C=O) groups is 2. The molecule has 16 heteroatoms. The zero-order valence-electron chi connectivity index (χ0n) is 21.7. The fraction of sp³-hybridized carbons (Fsp3) is 0.458. The summed E-state index contributed by atoms with van der Waals surface area (Å²) < 4.78 is 28.3. The summed E-state index contributed by atoms with van der Waals surface area (Å²) in [6.07, 6.45) is -1.85. The Balaban J connectivity index is 1.21. The molecule has 2 aromatic heterocycles. The van der Waals surface area contributed by atoms with Gasteiger partial charge in [-0.15, -0.1) is 0 Å². The molecule has 4 heterocycles. The van der Waals surface area contributed by atoms with Crippen molar-refractivity contribution in [3.8, 4) is 11.5 Å². The second-order valence-electron chi connectivity index (χ2n) is 9.46. The number of benzene rings is 1. The van der Waals surface area contributed by atoms with Crippen LogP contribution in [0.4, 0.5) is 16.3 Å². The quantitative estimate of drug-likeness (QED) is 0.232. The van der Waals surface area contributed by atoms with Crippen LogP contribution >= 0.6 is 0 Å². The van der Waals surface area contributed by atoms with Crippen LogP contribution in [-0.4, -0.2) is 67.2 Å². The van der Waals surface area contributed by atoms with Crippen molar-refractivity contribution in [1.29, 1.82) is 0 Å². The first-order chi connectivity index (χ1) is 19.1. The number of aromatic nitrogens is 4. The first kappa shape index (κ1) is 27.0. The standard InChI is InChI=1S/C24H26N6O10/c1-11(2)23(32)28-21-20-22(26-8-25-21)29(9-27-20)19-6-15(31)18(40-19)7-36-24(33)39-12(3)13-4-16-17(38-10-37-16)5-14(13)30(34)35/h4-5,8-9,11-12,15,18-19,31H,6-7,10H2,1-3H3,(H,25,26,28,32)/t12?,15-,18+,19+/m0/s1. The van der Waals surface area contributed by atoms with Crippen molar-refractivity contribution in [3.05, 3.63) is 40.5 Å². The summed E-state index contributed by atoms with van der Waals surface area (Å²) in [5.41, 5.74) is 0.530. The van der Waals surface area contributed by atoms with Crippen LogP contribution in [0.15, 0.2) is 24.8 Å². The van der Waals surface area contributed by atoms with E-state index in [-0.39, 0.29) is 54.5 Å². The summed E-state index contributed by atoms with van der Waals surface area (Å²) in [4.78, 5) is 48.0. The Labute approximate surface area is 226 Å². The lowest BCUT2D eigenvalue weighted by Gasteiger charge is -2.17. The minimum absolute atomic E-state index is 0.0738. The van der Waals surface area contributed by atoms with Crippen LogP contribution in [0.5, 0.6) is 11.5 Å². The van der Waals surface area contributed by atoms with E-state index < -0.39 is 35.6 Å². The lowest BCUT2D eigenvalue weighted by atomic mass is 10.1. The molecule has 5 rings (SSSR count). The molecule has 2 aliphatic rings. The SMILES string of the molecule is CC(C)C(=O)Nc1ncnc2c1ncn2[C@H]1C[C@H](O)[C@@H](COC(=O)OC(C)c2cc3c(cc2[N+](=O)[O-])OCO3)O1. The molecule has 2 aliphatic heterocycles. The molecule has 0 bridgehead atoms. The van der Waals surface area contributed by atoms with E-state index in [2.05, 4.69) is 20.3 Å². The maximum absolute atomic E-state index is 12.4. The third-order valence-electron chi connectivity index (χ3n) is 6.43. The number of nitrogens with zero attached hydrogens (tertiary/aromatic N) is 5. The number of aliphatic hydroxyl groups excluding tert-OH is 1. The minimum Gasteiger partial charge on any atom is -0.454 e. The van der Waals surface area contributed by atoms with E-state index in [9.17, 15) is 24.8 Å². The van der Waals surface area contributed by atoms with Crippen molar-refractivity contribution in [2.24, 2.45) is 5.92 Å². The Bertz CT molecular complexity index is 1460. The van der Waals surface area contributed by atoms with E-state index in [0.29, 0.717) is 16.9 Å². The normalized spacial score (nSPS) is 20.5. The predicted molar refractivity (Wildman–Crippen MR) is 133 cm³/mol. The number of rotatable bonds is 8. The van der Waals surface area contributed by atoms with Gasteiger partial charge in [0.15, 0.2) is 28.5 Å². The molecule has 0 saturated carbocycles. The maximum atomic E-state index is 12.4. The van der Waals surface area contributed by atoms with Gasteiger partial charge in [0.05, 0.1) is 29.0 Å². The number of nitro benzene ring substituents is 1. The number of hydrogen-bond donors (Lipinski definition) is 2. The molecular formula is C24H26N6O10. The fourth-order valence-corrected chi connectivity index (χ4v) is 4.27. The number of nitro groups is 1. The van der Waals surface area contributed by atoms with Crippen molar-refractivity contribution in [2.75, 3.05) is 18.7 Å². The summed E-state index contributed by atoms with van der Waals surface area (Å²) in [7, 11) is 0. The van der Waals surface area contributed by atoms with Gasteiger partial charge < -0.3 is 34.1 Å². The number of hydrogen-bond acceptors (Lipinski definition) is 13. The number of anilines is 1. The van der Waals surface area contributed by atoms with E-state index >= 15 is 0 Å². The highest BCUT2D eigenvalue weighted by Crippen LogP contribution is 2.41. The first-order valence-corrected chi connectivity index (χ1v) is 12.4. The second-order valence-corrected chi connectivity index (χ2v) is 9.46. The van der Waals surface area contributed by atoms with Crippen molar-refractivity contribution >= 4 is 34.7 Å². The Kier molecular flexibility index (Phi) is 7.36. The van der Waals surface area contributed by atoms with Gasteiger partial charge >= 0.3 is 6.16 Å². The van der Waals surface area contributed by atoms with Gasteiger partial charge in [-0.1, -0.05) is 13.8 Å². The lowest BCUT2D eigenvalue weighted by molar-refractivity contribution is -0.386. The van der Waals surface area contributed by atoms with Crippen LogP contribution in [0, 0.1) is 16.0 Å². The highest BCUT2D eigenvalue weighted by Gasteiger charge is 2.37. The van der Waals surface area contributed by atoms with E-state index in [0.717, 1.165) is 0 Å². The highest BCUT2D eigenvalue weighted by atomic mass is 16.7. The molecule has 40 heavy (non-hydrogen) atoms. The number of fused-ring (bicyclic) bond motifs is 2. The molecule has 1 fully saturated rings. The summed E-state index contributed by atoms with van der Waals surface area (Å²) in [6.45, 7) is 4.53. The summed E-state index contributed by atoms with van der Waals surface area (Å²) in [5, 5.41) is 24.8. The second kappa shape index (κ2) is 10.9. The van der Waals surface area contributed by atoms with E-state index in [1.165, 1.54) is 31.7 Å². The van der Waals surface area contributed by atoms with Gasteiger partial charge in [-0.2, -0.15) is 0 Å². The van der Waals surface area contributed by atoms with Gasteiger partial charge in [0.2, 0.25) is 12.7 Å². The van der Waals surface area contributed by atoms with Gasteiger partial charge in [-0.3, -0.25) is 19.5 Å². The van der Waals surface area contributed by atoms with Gasteiger partial charge in [0.1, 0.15) is 31.4 Å². The molecule has 0 spiro atoms.